The average Bonchev–Trinajstić information content (AvgIpc) is 3.38. The van der Waals surface area contributed by atoms with E-state index in [1.165, 1.54) is 17.4 Å². The van der Waals surface area contributed by atoms with Crippen LogP contribution in [0.1, 0.15) is 24.2 Å². The van der Waals surface area contributed by atoms with Gasteiger partial charge in [0, 0.05) is 34.6 Å². The number of anilines is 1. The van der Waals surface area contributed by atoms with Gasteiger partial charge in [-0.15, -0.1) is 11.8 Å². The number of benzene rings is 2. The molecule has 0 saturated carbocycles. The van der Waals surface area contributed by atoms with Gasteiger partial charge in [0.05, 0.1) is 11.2 Å². The Kier molecular flexibility index (Phi) is 6.15. The van der Waals surface area contributed by atoms with E-state index < -0.39 is 0 Å². The summed E-state index contributed by atoms with van der Waals surface area (Å²) in [4.78, 5) is 20.6. The predicted molar refractivity (Wildman–Crippen MR) is 121 cm³/mol. The van der Waals surface area contributed by atoms with E-state index in [4.69, 9.17) is 0 Å². The van der Waals surface area contributed by atoms with Crippen LogP contribution in [-0.4, -0.2) is 32.5 Å². The molecule has 4 rings (SSSR count). The van der Waals surface area contributed by atoms with Gasteiger partial charge in [0.15, 0.2) is 5.13 Å². The summed E-state index contributed by atoms with van der Waals surface area (Å²) in [6.45, 7) is 5.12. The Morgan fingerprint density at radius 2 is 2.07 bits per heavy atom. The summed E-state index contributed by atoms with van der Waals surface area (Å²) in [7, 11) is 0. The highest BCUT2D eigenvalue weighted by molar-refractivity contribution is 7.99. The summed E-state index contributed by atoms with van der Waals surface area (Å²) in [5, 5.41) is 5.11. The number of thioether (sulfide) groups is 1. The summed E-state index contributed by atoms with van der Waals surface area (Å²) < 4.78 is 16.7. The molecule has 0 spiro atoms. The number of carbonyl (C=O) groups excluding carboxylic acids is 1. The van der Waals surface area contributed by atoms with Gasteiger partial charge >= 0.3 is 0 Å². The van der Waals surface area contributed by atoms with Gasteiger partial charge in [0.2, 0.25) is 0 Å². The van der Waals surface area contributed by atoms with Crippen molar-refractivity contribution in [1.29, 1.82) is 0 Å². The molecule has 0 aliphatic heterocycles. The number of hydrogen-bond donors (Lipinski definition) is 0. The van der Waals surface area contributed by atoms with Crippen molar-refractivity contribution in [2.24, 2.45) is 0 Å². The number of aromatic nitrogens is 3. The number of nitrogens with zero attached hydrogens (tertiary/aromatic N) is 4. The molecule has 30 heavy (non-hydrogen) atoms. The zero-order chi connectivity index (χ0) is 21.1. The molecule has 0 aliphatic rings. The second-order valence-electron chi connectivity index (χ2n) is 7.00. The standard InChI is InChI=1S/C22H21FN4OS2/c1-15(2)29-17-7-3-6-16(14-17)21(28)27(13-12-26-11-5-10-24-26)22-25-20-18(23)8-4-9-19(20)30-22/h3-11,14-15H,12-13H2,1-2H3. The second kappa shape index (κ2) is 8.97. The Morgan fingerprint density at radius 1 is 1.23 bits per heavy atom. The summed E-state index contributed by atoms with van der Waals surface area (Å²) in [6.07, 6.45) is 3.55. The predicted octanol–water partition coefficient (Wildman–Crippen LogP) is 5.48. The minimum atomic E-state index is -0.384. The highest BCUT2D eigenvalue weighted by atomic mass is 32.2. The van der Waals surface area contributed by atoms with Crippen LogP contribution < -0.4 is 4.90 Å². The van der Waals surface area contributed by atoms with Crippen LogP contribution in [-0.2, 0) is 6.54 Å². The molecule has 4 aromatic rings. The number of hydrogen-bond acceptors (Lipinski definition) is 5. The molecule has 0 unspecified atom stereocenters. The van der Waals surface area contributed by atoms with Crippen LogP contribution in [0.25, 0.3) is 10.2 Å². The highest BCUT2D eigenvalue weighted by Crippen LogP contribution is 2.32. The third kappa shape index (κ3) is 4.55. The number of amides is 1. The van der Waals surface area contributed by atoms with Crippen LogP contribution >= 0.6 is 23.1 Å². The number of rotatable bonds is 7. The van der Waals surface area contributed by atoms with Crippen LogP contribution in [0.2, 0.25) is 0 Å². The normalized spacial score (nSPS) is 11.3. The summed E-state index contributed by atoms with van der Waals surface area (Å²) in [5.74, 6) is -0.544. The third-order valence-electron chi connectivity index (χ3n) is 4.40. The maximum atomic E-state index is 14.2. The number of halogens is 1. The first-order valence-electron chi connectivity index (χ1n) is 9.62. The van der Waals surface area contributed by atoms with Gasteiger partial charge in [-0.2, -0.15) is 5.10 Å². The molecule has 0 bridgehead atoms. The Morgan fingerprint density at radius 3 is 2.80 bits per heavy atom. The lowest BCUT2D eigenvalue weighted by Crippen LogP contribution is -2.34. The fraction of sp³-hybridized carbons (Fsp3) is 0.227. The van der Waals surface area contributed by atoms with E-state index in [2.05, 4.69) is 23.9 Å². The third-order valence-corrected chi connectivity index (χ3v) is 6.44. The van der Waals surface area contributed by atoms with Gasteiger partial charge in [-0.05, 0) is 36.4 Å². The molecule has 0 saturated heterocycles. The molecule has 2 aromatic heterocycles. The maximum Gasteiger partial charge on any atom is 0.260 e. The van der Waals surface area contributed by atoms with Crippen LogP contribution in [0.4, 0.5) is 9.52 Å². The molecule has 0 aliphatic carbocycles. The van der Waals surface area contributed by atoms with Crippen LogP contribution in [0.15, 0.2) is 65.8 Å². The van der Waals surface area contributed by atoms with E-state index in [9.17, 15) is 9.18 Å². The largest absolute Gasteiger partial charge is 0.282 e. The molecule has 2 aromatic carbocycles. The van der Waals surface area contributed by atoms with Crippen LogP contribution in [0, 0.1) is 5.82 Å². The minimum absolute atomic E-state index is 0.159. The minimum Gasteiger partial charge on any atom is -0.282 e. The van der Waals surface area contributed by atoms with Crippen molar-refractivity contribution < 1.29 is 9.18 Å². The van der Waals surface area contributed by atoms with Gasteiger partial charge < -0.3 is 0 Å². The summed E-state index contributed by atoms with van der Waals surface area (Å²) in [5.41, 5.74) is 0.874. The molecule has 154 valence electrons. The number of carbonyl (C=O) groups is 1. The van der Waals surface area contributed by atoms with Crippen molar-refractivity contribution in [1.82, 2.24) is 14.8 Å². The molecule has 0 atom stereocenters. The van der Waals surface area contributed by atoms with E-state index in [1.54, 1.807) is 33.6 Å². The molecule has 8 heteroatoms. The number of fused-ring (bicyclic) bond motifs is 1. The van der Waals surface area contributed by atoms with Gasteiger partial charge in [0.25, 0.3) is 5.91 Å². The topological polar surface area (TPSA) is 51.0 Å². The quantitative estimate of drug-likeness (QED) is 0.357. The van der Waals surface area contributed by atoms with Crippen LogP contribution in [0.5, 0.6) is 0 Å². The monoisotopic (exact) mass is 440 g/mol. The first-order valence-corrected chi connectivity index (χ1v) is 11.3. The van der Waals surface area contributed by atoms with E-state index in [0.717, 1.165) is 4.90 Å². The van der Waals surface area contributed by atoms with Gasteiger partial charge in [-0.25, -0.2) is 9.37 Å². The molecule has 2 heterocycles. The van der Waals surface area contributed by atoms with Crippen molar-refractivity contribution in [2.75, 3.05) is 11.4 Å². The smallest absolute Gasteiger partial charge is 0.260 e. The second-order valence-corrected chi connectivity index (χ2v) is 9.66. The van der Waals surface area contributed by atoms with Gasteiger partial charge in [-0.3, -0.25) is 14.4 Å². The van der Waals surface area contributed by atoms with E-state index >= 15 is 0 Å². The summed E-state index contributed by atoms with van der Waals surface area (Å²) in [6, 6.07) is 14.3. The molecular weight excluding hydrogens is 419 g/mol. The van der Waals surface area contributed by atoms with E-state index in [0.29, 0.717) is 39.3 Å². The zero-order valence-electron chi connectivity index (χ0n) is 16.7. The fourth-order valence-corrected chi connectivity index (χ4v) is 4.97. The first kappa shape index (κ1) is 20.6. The van der Waals surface area contributed by atoms with E-state index in [1.807, 2.05) is 42.6 Å². The van der Waals surface area contributed by atoms with Crippen molar-refractivity contribution >= 4 is 44.4 Å². The zero-order valence-corrected chi connectivity index (χ0v) is 18.3. The lowest BCUT2D eigenvalue weighted by atomic mass is 10.2. The molecule has 1 amide bonds. The molecule has 5 nitrogen and oxygen atoms in total. The highest BCUT2D eigenvalue weighted by Gasteiger charge is 2.22. The SMILES string of the molecule is CC(C)Sc1cccc(C(=O)N(CCn2cccn2)c2nc3c(F)cccc3s2)c1. The van der Waals surface area contributed by atoms with Crippen molar-refractivity contribution in [3.63, 3.8) is 0 Å². The molecule has 0 N–H and O–H groups in total. The number of para-hydroxylation sites is 1. The lowest BCUT2D eigenvalue weighted by Gasteiger charge is -2.20. The fourth-order valence-electron chi connectivity index (χ4n) is 3.07. The van der Waals surface area contributed by atoms with Gasteiger partial charge in [0.1, 0.15) is 11.3 Å². The average molecular weight is 441 g/mol. The number of thiazole rings is 1. The molecule has 0 fully saturated rings. The van der Waals surface area contributed by atoms with Crippen LogP contribution in [0.3, 0.4) is 0 Å². The maximum absolute atomic E-state index is 14.2. The summed E-state index contributed by atoms with van der Waals surface area (Å²) >= 11 is 3.02. The van der Waals surface area contributed by atoms with Gasteiger partial charge in [-0.1, -0.05) is 37.3 Å². The first-order chi connectivity index (χ1) is 14.5. The molecular formula is C22H21FN4OS2. The van der Waals surface area contributed by atoms with Crippen molar-refractivity contribution in [3.05, 3.63) is 72.3 Å². The Labute approximate surface area is 182 Å². The lowest BCUT2D eigenvalue weighted by molar-refractivity contribution is 0.0985. The van der Waals surface area contributed by atoms with Crippen molar-refractivity contribution in [2.45, 2.75) is 30.5 Å². The Balaban J connectivity index is 1.68. The Hall–Kier alpha value is -2.71. The van der Waals surface area contributed by atoms with E-state index in [-0.39, 0.29) is 11.7 Å². The Bertz CT molecular complexity index is 1160. The molecule has 0 radical (unpaired) electrons. The van der Waals surface area contributed by atoms with Crippen molar-refractivity contribution in [3.8, 4) is 0 Å².